The molecule has 0 saturated heterocycles. The Hall–Kier alpha value is -2.96. The fraction of sp³-hybridized carbons (Fsp3) is 0.333. The molecule has 1 saturated carbocycles. The summed E-state index contributed by atoms with van der Waals surface area (Å²) in [5.74, 6) is -0.106. The average Bonchev–Trinajstić information content (AvgIpc) is 3.45. The molecule has 0 amide bonds. The van der Waals surface area contributed by atoms with E-state index in [9.17, 15) is 8.78 Å². The van der Waals surface area contributed by atoms with Crippen molar-refractivity contribution in [3.8, 4) is 23.2 Å². The van der Waals surface area contributed by atoms with Crippen molar-refractivity contribution >= 4 is 0 Å². The van der Waals surface area contributed by atoms with Crippen LogP contribution in [-0.4, -0.2) is 20.9 Å². The van der Waals surface area contributed by atoms with Crippen molar-refractivity contribution in [3.05, 3.63) is 59.4 Å². The van der Waals surface area contributed by atoms with Crippen LogP contribution in [0.25, 0.3) is 5.82 Å². The number of para-hydroxylation sites is 1. The maximum absolute atomic E-state index is 14.7. The number of hydrogen-bond donors (Lipinski definition) is 0. The monoisotopic (exact) mass is 385 g/mol. The lowest BCUT2D eigenvalue weighted by Crippen LogP contribution is -2.08. The summed E-state index contributed by atoms with van der Waals surface area (Å²) in [7, 11) is 0. The number of rotatable bonds is 6. The van der Waals surface area contributed by atoms with Crippen LogP contribution in [0.2, 0.25) is 0 Å². The van der Waals surface area contributed by atoms with Crippen LogP contribution in [0, 0.1) is 18.6 Å². The zero-order valence-electron chi connectivity index (χ0n) is 15.9. The Morgan fingerprint density at radius 3 is 2.54 bits per heavy atom. The fourth-order valence-electron chi connectivity index (χ4n) is 2.96. The molecule has 0 spiro atoms. The highest BCUT2D eigenvalue weighted by Crippen LogP contribution is 2.41. The van der Waals surface area contributed by atoms with Gasteiger partial charge in [-0.25, -0.2) is 18.4 Å². The summed E-state index contributed by atoms with van der Waals surface area (Å²) in [6.45, 7) is 5.38. The second-order valence-electron chi connectivity index (χ2n) is 7.18. The molecule has 2 aromatic heterocycles. The topological polar surface area (TPSA) is 49.2 Å². The van der Waals surface area contributed by atoms with E-state index in [2.05, 4.69) is 10.1 Å². The smallest absolute Gasteiger partial charge is 0.277 e. The third kappa shape index (κ3) is 3.56. The first-order valence-electron chi connectivity index (χ1n) is 9.28. The van der Waals surface area contributed by atoms with Crippen molar-refractivity contribution in [3.63, 3.8) is 0 Å². The van der Waals surface area contributed by atoms with Gasteiger partial charge >= 0.3 is 0 Å². The predicted molar refractivity (Wildman–Crippen MR) is 100 cm³/mol. The lowest BCUT2D eigenvalue weighted by molar-refractivity contribution is 0.222. The van der Waals surface area contributed by atoms with Gasteiger partial charge in [0.1, 0.15) is 0 Å². The molecule has 3 aromatic rings. The molecule has 1 fully saturated rings. The van der Waals surface area contributed by atoms with E-state index in [0.717, 1.165) is 18.4 Å². The maximum atomic E-state index is 14.7. The van der Waals surface area contributed by atoms with Gasteiger partial charge in [0, 0.05) is 6.20 Å². The van der Waals surface area contributed by atoms with Gasteiger partial charge in [-0.1, -0.05) is 12.1 Å². The van der Waals surface area contributed by atoms with E-state index in [-0.39, 0.29) is 29.3 Å². The molecule has 28 heavy (non-hydrogen) atoms. The first-order valence-corrected chi connectivity index (χ1v) is 9.28. The predicted octanol–water partition coefficient (Wildman–Crippen LogP) is 5.31. The molecule has 0 atom stereocenters. The summed E-state index contributed by atoms with van der Waals surface area (Å²) in [4.78, 5) is 4.27. The largest absolute Gasteiger partial charge is 0.471 e. The average molecular weight is 385 g/mol. The Kier molecular flexibility index (Phi) is 4.75. The standard InChI is InChI=1S/C21H21F2N3O2/c1-12(2)27-21-19(28-18-7-5-4-6-16(18)22)13(3)26(25-21)20-17(23)10-15(11-24-20)14-8-9-14/h4-7,10-12,14H,8-9H2,1-3H3. The third-order valence-electron chi connectivity index (χ3n) is 4.52. The number of ether oxygens (including phenoxy) is 2. The van der Waals surface area contributed by atoms with Crippen molar-refractivity contribution in [2.75, 3.05) is 0 Å². The summed E-state index contributed by atoms with van der Waals surface area (Å²) < 4.78 is 41.6. The molecule has 0 N–H and O–H groups in total. The van der Waals surface area contributed by atoms with Crippen molar-refractivity contribution in [2.45, 2.75) is 45.6 Å². The van der Waals surface area contributed by atoms with Crippen molar-refractivity contribution in [1.82, 2.24) is 14.8 Å². The number of pyridine rings is 1. The van der Waals surface area contributed by atoms with Gasteiger partial charge in [-0.15, -0.1) is 5.10 Å². The third-order valence-corrected chi connectivity index (χ3v) is 4.52. The Balaban J connectivity index is 1.76. The quantitative estimate of drug-likeness (QED) is 0.577. The number of hydrogen-bond acceptors (Lipinski definition) is 4. The highest BCUT2D eigenvalue weighted by Gasteiger charge is 2.27. The van der Waals surface area contributed by atoms with Crippen molar-refractivity contribution < 1.29 is 18.3 Å². The van der Waals surface area contributed by atoms with Crippen LogP contribution >= 0.6 is 0 Å². The summed E-state index contributed by atoms with van der Waals surface area (Å²) in [6.07, 6.45) is 3.61. The molecule has 0 radical (unpaired) electrons. The van der Waals surface area contributed by atoms with Gasteiger partial charge in [-0.3, -0.25) is 0 Å². The minimum atomic E-state index is -0.511. The van der Waals surface area contributed by atoms with Gasteiger partial charge in [0.25, 0.3) is 5.88 Å². The number of halogens is 2. The van der Waals surface area contributed by atoms with Gasteiger partial charge in [0.05, 0.1) is 11.8 Å². The second-order valence-corrected chi connectivity index (χ2v) is 7.18. The van der Waals surface area contributed by atoms with E-state index in [1.165, 1.54) is 22.9 Å². The van der Waals surface area contributed by atoms with Crippen LogP contribution in [0.1, 0.15) is 43.9 Å². The van der Waals surface area contributed by atoms with Gasteiger partial charge in [-0.05, 0) is 63.3 Å². The van der Waals surface area contributed by atoms with Crippen LogP contribution in [0.5, 0.6) is 17.4 Å². The number of benzene rings is 1. The molecular formula is C21H21F2N3O2. The Morgan fingerprint density at radius 1 is 1.14 bits per heavy atom. The van der Waals surface area contributed by atoms with Gasteiger partial charge in [0.2, 0.25) is 5.75 Å². The van der Waals surface area contributed by atoms with Crippen LogP contribution in [0.4, 0.5) is 8.78 Å². The molecule has 5 nitrogen and oxygen atoms in total. The van der Waals surface area contributed by atoms with Gasteiger partial charge in [-0.2, -0.15) is 0 Å². The molecule has 7 heteroatoms. The van der Waals surface area contributed by atoms with E-state index in [0.29, 0.717) is 11.6 Å². The first-order chi connectivity index (χ1) is 13.4. The minimum Gasteiger partial charge on any atom is -0.471 e. The highest BCUT2D eigenvalue weighted by atomic mass is 19.1. The number of nitrogens with zero attached hydrogens (tertiary/aromatic N) is 3. The maximum Gasteiger partial charge on any atom is 0.277 e. The molecule has 1 aromatic carbocycles. The number of aromatic nitrogens is 3. The molecule has 0 unspecified atom stereocenters. The molecule has 0 bridgehead atoms. The van der Waals surface area contributed by atoms with Crippen LogP contribution < -0.4 is 9.47 Å². The molecule has 146 valence electrons. The van der Waals surface area contributed by atoms with Crippen LogP contribution in [0.15, 0.2) is 36.5 Å². The van der Waals surface area contributed by atoms with Crippen LogP contribution in [0.3, 0.4) is 0 Å². The summed E-state index contributed by atoms with van der Waals surface area (Å²) in [5.41, 5.74) is 1.36. The highest BCUT2D eigenvalue weighted by molar-refractivity contribution is 5.46. The molecule has 0 aliphatic heterocycles. The lowest BCUT2D eigenvalue weighted by atomic mass is 10.2. The SMILES string of the molecule is Cc1c(Oc2ccccc2F)c(OC(C)C)nn1-c1ncc(C2CC2)cc1F. The van der Waals surface area contributed by atoms with E-state index in [4.69, 9.17) is 9.47 Å². The normalized spacial score (nSPS) is 13.8. The summed E-state index contributed by atoms with van der Waals surface area (Å²) >= 11 is 0. The Labute approximate surface area is 161 Å². The Bertz CT molecular complexity index is 1010. The van der Waals surface area contributed by atoms with E-state index in [1.54, 1.807) is 25.3 Å². The van der Waals surface area contributed by atoms with E-state index < -0.39 is 11.6 Å². The van der Waals surface area contributed by atoms with Gasteiger partial charge in [0.15, 0.2) is 23.2 Å². The second kappa shape index (κ2) is 7.22. The van der Waals surface area contributed by atoms with Crippen LogP contribution in [-0.2, 0) is 0 Å². The fourth-order valence-corrected chi connectivity index (χ4v) is 2.96. The van der Waals surface area contributed by atoms with Gasteiger partial charge < -0.3 is 9.47 Å². The minimum absolute atomic E-state index is 0.0382. The van der Waals surface area contributed by atoms with Crippen molar-refractivity contribution in [1.29, 1.82) is 0 Å². The molecular weight excluding hydrogens is 364 g/mol. The van der Waals surface area contributed by atoms with E-state index in [1.807, 2.05) is 13.8 Å². The summed E-state index contributed by atoms with van der Waals surface area (Å²) in [5, 5.41) is 4.34. The summed E-state index contributed by atoms with van der Waals surface area (Å²) in [6, 6.07) is 7.55. The lowest BCUT2D eigenvalue weighted by Gasteiger charge is -2.10. The first kappa shape index (κ1) is 18.4. The molecule has 2 heterocycles. The zero-order chi connectivity index (χ0) is 19.8. The zero-order valence-corrected chi connectivity index (χ0v) is 15.9. The molecule has 1 aliphatic rings. The van der Waals surface area contributed by atoms with Crippen molar-refractivity contribution in [2.24, 2.45) is 0 Å². The van der Waals surface area contributed by atoms with E-state index >= 15 is 0 Å². The molecule has 4 rings (SSSR count). The molecule has 1 aliphatic carbocycles. The Morgan fingerprint density at radius 2 is 1.89 bits per heavy atom.